The summed E-state index contributed by atoms with van der Waals surface area (Å²) >= 11 is 0. The van der Waals surface area contributed by atoms with Crippen LogP contribution in [0.15, 0.2) is 18.2 Å². The van der Waals surface area contributed by atoms with Crippen LogP contribution in [0, 0.1) is 12.7 Å². The van der Waals surface area contributed by atoms with E-state index in [9.17, 15) is 14.3 Å². The smallest absolute Gasteiger partial charge is 0.254 e. The Labute approximate surface area is 119 Å². The summed E-state index contributed by atoms with van der Waals surface area (Å²) in [5, 5.41) is 13.1. The largest absolute Gasteiger partial charge is 0.388 e. The third-order valence-corrected chi connectivity index (χ3v) is 3.98. The van der Waals surface area contributed by atoms with E-state index in [0.717, 1.165) is 31.2 Å². The molecule has 3 nitrogen and oxygen atoms in total. The van der Waals surface area contributed by atoms with E-state index in [0.29, 0.717) is 12.8 Å². The highest BCUT2D eigenvalue weighted by molar-refractivity contribution is 5.94. The monoisotopic (exact) mass is 279 g/mol. The summed E-state index contributed by atoms with van der Waals surface area (Å²) in [6, 6.07) is 4.53. The minimum atomic E-state index is -0.840. The van der Waals surface area contributed by atoms with Crippen LogP contribution in [-0.2, 0) is 0 Å². The van der Waals surface area contributed by atoms with Gasteiger partial charge in [-0.1, -0.05) is 31.7 Å². The number of benzene rings is 1. The number of amides is 1. The van der Waals surface area contributed by atoms with E-state index >= 15 is 0 Å². The van der Waals surface area contributed by atoms with Gasteiger partial charge in [0.15, 0.2) is 0 Å². The van der Waals surface area contributed by atoms with Gasteiger partial charge < -0.3 is 10.4 Å². The maximum atomic E-state index is 13.7. The van der Waals surface area contributed by atoms with Gasteiger partial charge >= 0.3 is 0 Å². The molecule has 0 saturated heterocycles. The molecule has 0 atom stereocenters. The number of hydrogen-bond donors (Lipinski definition) is 2. The van der Waals surface area contributed by atoms with Crippen LogP contribution in [0.25, 0.3) is 0 Å². The number of halogens is 1. The van der Waals surface area contributed by atoms with E-state index in [-0.39, 0.29) is 12.1 Å². The first-order chi connectivity index (χ1) is 9.50. The molecule has 4 heteroatoms. The molecule has 0 spiro atoms. The van der Waals surface area contributed by atoms with Crippen LogP contribution in [0.2, 0.25) is 0 Å². The fourth-order valence-corrected chi connectivity index (χ4v) is 2.71. The van der Waals surface area contributed by atoms with Crippen molar-refractivity contribution in [3.8, 4) is 0 Å². The van der Waals surface area contributed by atoms with Gasteiger partial charge in [-0.15, -0.1) is 0 Å². The lowest BCUT2D eigenvalue weighted by Crippen LogP contribution is -2.42. The standard InChI is InChI=1S/C16H22FNO2/c1-12-6-7-13(14(17)10-12)15(19)18-11-16(20)8-4-2-3-5-9-16/h6-7,10,20H,2-5,8-9,11H2,1H3,(H,18,19). The first kappa shape index (κ1) is 15.0. The van der Waals surface area contributed by atoms with Crippen molar-refractivity contribution in [3.63, 3.8) is 0 Å². The average molecular weight is 279 g/mol. The second kappa shape index (κ2) is 6.35. The molecule has 2 rings (SSSR count). The Kier molecular flexibility index (Phi) is 4.76. The summed E-state index contributed by atoms with van der Waals surface area (Å²) in [5.74, 6) is -0.976. The van der Waals surface area contributed by atoms with E-state index in [2.05, 4.69) is 5.32 Å². The Morgan fingerprint density at radius 1 is 1.30 bits per heavy atom. The molecule has 20 heavy (non-hydrogen) atoms. The second-order valence-corrected chi connectivity index (χ2v) is 5.80. The Morgan fingerprint density at radius 3 is 2.55 bits per heavy atom. The summed E-state index contributed by atoms with van der Waals surface area (Å²) in [6.45, 7) is 1.97. The van der Waals surface area contributed by atoms with E-state index < -0.39 is 17.3 Å². The third-order valence-electron chi connectivity index (χ3n) is 3.98. The van der Waals surface area contributed by atoms with Crippen molar-refractivity contribution < 1.29 is 14.3 Å². The lowest BCUT2D eigenvalue weighted by Gasteiger charge is -2.26. The molecule has 110 valence electrons. The van der Waals surface area contributed by atoms with Crippen LogP contribution in [-0.4, -0.2) is 23.2 Å². The maximum Gasteiger partial charge on any atom is 0.254 e. The molecular weight excluding hydrogens is 257 g/mol. The number of carbonyl (C=O) groups is 1. The Morgan fingerprint density at radius 2 is 1.95 bits per heavy atom. The van der Waals surface area contributed by atoms with E-state index in [1.165, 1.54) is 12.1 Å². The SMILES string of the molecule is Cc1ccc(C(=O)NCC2(O)CCCCCC2)c(F)c1. The number of rotatable bonds is 3. The molecule has 1 saturated carbocycles. The Hall–Kier alpha value is -1.42. The van der Waals surface area contributed by atoms with Gasteiger partial charge in [0.1, 0.15) is 5.82 Å². The number of aliphatic hydroxyl groups is 1. The van der Waals surface area contributed by atoms with E-state index in [1.54, 1.807) is 13.0 Å². The number of aryl methyl sites for hydroxylation is 1. The maximum absolute atomic E-state index is 13.7. The Balaban J connectivity index is 1.97. The van der Waals surface area contributed by atoms with Gasteiger partial charge in [0, 0.05) is 6.54 Å². The van der Waals surface area contributed by atoms with Gasteiger partial charge in [0.05, 0.1) is 11.2 Å². The quantitative estimate of drug-likeness (QED) is 0.836. The summed E-state index contributed by atoms with van der Waals surface area (Å²) < 4.78 is 13.7. The minimum absolute atomic E-state index is 0.0350. The van der Waals surface area contributed by atoms with Crippen molar-refractivity contribution >= 4 is 5.91 Å². The van der Waals surface area contributed by atoms with Crippen LogP contribution in [0.3, 0.4) is 0 Å². The molecule has 1 aromatic carbocycles. The molecule has 0 unspecified atom stereocenters. The normalized spacial score (nSPS) is 18.4. The van der Waals surface area contributed by atoms with Crippen molar-refractivity contribution in [2.45, 2.75) is 51.0 Å². The van der Waals surface area contributed by atoms with E-state index in [4.69, 9.17) is 0 Å². The molecule has 1 aliphatic rings. The van der Waals surface area contributed by atoms with Crippen molar-refractivity contribution in [2.24, 2.45) is 0 Å². The molecule has 0 heterocycles. The molecule has 1 fully saturated rings. The van der Waals surface area contributed by atoms with Gasteiger partial charge in [-0.3, -0.25) is 4.79 Å². The van der Waals surface area contributed by atoms with Gasteiger partial charge in [0.2, 0.25) is 0 Å². The Bertz CT molecular complexity index is 479. The zero-order valence-electron chi connectivity index (χ0n) is 11.9. The molecule has 0 aliphatic heterocycles. The topological polar surface area (TPSA) is 49.3 Å². The van der Waals surface area contributed by atoms with Gasteiger partial charge in [-0.25, -0.2) is 4.39 Å². The van der Waals surface area contributed by atoms with Crippen molar-refractivity contribution in [1.82, 2.24) is 5.32 Å². The highest BCUT2D eigenvalue weighted by atomic mass is 19.1. The second-order valence-electron chi connectivity index (χ2n) is 5.80. The fourth-order valence-electron chi connectivity index (χ4n) is 2.71. The highest BCUT2D eigenvalue weighted by Crippen LogP contribution is 2.26. The minimum Gasteiger partial charge on any atom is -0.388 e. The zero-order chi connectivity index (χ0) is 14.6. The number of carbonyl (C=O) groups excluding carboxylic acids is 1. The summed E-state index contributed by atoms with van der Waals surface area (Å²) in [4.78, 5) is 12.0. The van der Waals surface area contributed by atoms with Crippen molar-refractivity contribution in [3.05, 3.63) is 35.1 Å². The zero-order valence-corrected chi connectivity index (χ0v) is 11.9. The molecule has 1 amide bonds. The number of nitrogens with one attached hydrogen (secondary N) is 1. The van der Waals surface area contributed by atoms with Crippen LogP contribution < -0.4 is 5.32 Å². The lowest BCUT2D eigenvalue weighted by atomic mass is 9.94. The predicted molar refractivity (Wildman–Crippen MR) is 76.1 cm³/mol. The molecule has 1 aromatic rings. The predicted octanol–water partition coefficient (Wildman–Crippen LogP) is 2.95. The van der Waals surface area contributed by atoms with Gasteiger partial charge in [0.25, 0.3) is 5.91 Å². The highest BCUT2D eigenvalue weighted by Gasteiger charge is 2.28. The first-order valence-electron chi connectivity index (χ1n) is 7.27. The molecule has 0 radical (unpaired) electrons. The van der Waals surface area contributed by atoms with E-state index in [1.807, 2.05) is 0 Å². The molecular formula is C16H22FNO2. The molecule has 0 bridgehead atoms. The number of hydrogen-bond acceptors (Lipinski definition) is 2. The van der Waals surface area contributed by atoms with Crippen LogP contribution in [0.4, 0.5) is 4.39 Å². The van der Waals surface area contributed by atoms with Crippen LogP contribution in [0.1, 0.15) is 54.4 Å². The molecule has 0 aromatic heterocycles. The van der Waals surface area contributed by atoms with Crippen LogP contribution >= 0.6 is 0 Å². The van der Waals surface area contributed by atoms with Gasteiger partial charge in [-0.05, 0) is 37.5 Å². The lowest BCUT2D eigenvalue weighted by molar-refractivity contribution is 0.0246. The summed E-state index contributed by atoms with van der Waals surface area (Å²) in [6.07, 6.45) is 5.61. The van der Waals surface area contributed by atoms with Crippen molar-refractivity contribution in [1.29, 1.82) is 0 Å². The first-order valence-corrected chi connectivity index (χ1v) is 7.27. The molecule has 1 aliphatic carbocycles. The average Bonchev–Trinajstić information content (AvgIpc) is 2.61. The van der Waals surface area contributed by atoms with Crippen molar-refractivity contribution in [2.75, 3.05) is 6.54 Å². The fraction of sp³-hybridized carbons (Fsp3) is 0.562. The van der Waals surface area contributed by atoms with Gasteiger partial charge in [-0.2, -0.15) is 0 Å². The molecule has 2 N–H and O–H groups in total. The third kappa shape index (κ3) is 3.79. The summed E-state index contributed by atoms with van der Waals surface area (Å²) in [7, 11) is 0. The van der Waals surface area contributed by atoms with Crippen LogP contribution in [0.5, 0.6) is 0 Å². The summed E-state index contributed by atoms with van der Waals surface area (Å²) in [5.41, 5.74) is -0.0258.